The largest absolute Gasteiger partial charge is 0.371 e. The summed E-state index contributed by atoms with van der Waals surface area (Å²) >= 11 is 0. The molecule has 0 atom stereocenters. The molecule has 1 aliphatic rings. The quantitative estimate of drug-likeness (QED) is 0.630. The molecule has 0 N–H and O–H groups in total. The molecule has 1 saturated heterocycles. The normalized spacial score (nSPS) is 19.6. The smallest absolute Gasteiger partial charge is 0.0305 e. The highest BCUT2D eigenvalue weighted by atomic mass is 15.2. The maximum Gasteiger partial charge on any atom is 0.0305 e. The molecule has 0 aromatic heterocycles. The molecule has 0 unspecified atom stereocenters. The van der Waals surface area contributed by atoms with Crippen LogP contribution < -0.4 is 0 Å². The lowest BCUT2D eigenvalue weighted by atomic mass is 10.3. The molecule has 0 bridgehead atoms. The highest BCUT2D eigenvalue weighted by Crippen LogP contribution is 2.08. The van der Waals surface area contributed by atoms with E-state index < -0.39 is 0 Å². The lowest BCUT2D eigenvalue weighted by molar-refractivity contribution is 0.330. The summed E-state index contributed by atoms with van der Waals surface area (Å²) in [5.74, 6) is 0. The van der Waals surface area contributed by atoms with E-state index in [4.69, 9.17) is 0 Å². The van der Waals surface area contributed by atoms with Gasteiger partial charge in [0, 0.05) is 25.3 Å². The van der Waals surface area contributed by atoms with Gasteiger partial charge in [-0.2, -0.15) is 0 Å². The zero-order valence-corrected chi connectivity index (χ0v) is 9.08. The predicted molar refractivity (Wildman–Crippen MR) is 62.2 cm³/mol. The summed E-state index contributed by atoms with van der Waals surface area (Å²) in [5.41, 5.74) is 1.10. The number of rotatable bonds is 3. The summed E-state index contributed by atoms with van der Waals surface area (Å²) in [6, 6.07) is 0. The van der Waals surface area contributed by atoms with Crippen LogP contribution in [0, 0.1) is 0 Å². The second-order valence-corrected chi connectivity index (χ2v) is 3.73. The van der Waals surface area contributed by atoms with Gasteiger partial charge in [-0.05, 0) is 26.1 Å². The number of likely N-dealkylation sites (N-methyl/N-ethyl adjacent to an activating group) is 1. The van der Waals surface area contributed by atoms with Crippen LogP contribution >= 0.6 is 0 Å². The van der Waals surface area contributed by atoms with Crippen LogP contribution in [0.5, 0.6) is 0 Å². The van der Waals surface area contributed by atoms with Crippen molar-refractivity contribution < 1.29 is 0 Å². The van der Waals surface area contributed by atoms with Crippen LogP contribution in [-0.2, 0) is 0 Å². The first-order valence-electron chi connectivity index (χ1n) is 5.15. The Morgan fingerprint density at radius 2 is 2.00 bits per heavy atom. The van der Waals surface area contributed by atoms with Crippen molar-refractivity contribution in [3.63, 3.8) is 0 Å². The molecule has 0 aliphatic carbocycles. The summed E-state index contributed by atoms with van der Waals surface area (Å²) in [5, 5.41) is 0. The monoisotopic (exact) mass is 192 g/mol. The van der Waals surface area contributed by atoms with Crippen LogP contribution in [0.4, 0.5) is 0 Å². The first-order valence-corrected chi connectivity index (χ1v) is 5.15. The molecule has 0 saturated carbocycles. The van der Waals surface area contributed by atoms with Crippen LogP contribution in [0.1, 0.15) is 6.42 Å². The summed E-state index contributed by atoms with van der Waals surface area (Å²) in [6.45, 7) is 12.2. The van der Waals surface area contributed by atoms with Gasteiger partial charge in [0.15, 0.2) is 0 Å². The molecule has 0 spiro atoms. The molecular weight excluding hydrogens is 172 g/mol. The van der Waals surface area contributed by atoms with Gasteiger partial charge in [0.25, 0.3) is 0 Å². The second-order valence-electron chi connectivity index (χ2n) is 3.73. The summed E-state index contributed by atoms with van der Waals surface area (Å²) < 4.78 is 0. The van der Waals surface area contributed by atoms with E-state index in [0.717, 1.165) is 25.3 Å². The van der Waals surface area contributed by atoms with E-state index in [9.17, 15) is 0 Å². The van der Waals surface area contributed by atoms with Gasteiger partial charge >= 0.3 is 0 Å². The predicted octanol–water partition coefficient (Wildman–Crippen LogP) is 1.88. The van der Waals surface area contributed by atoms with Crippen molar-refractivity contribution in [2.45, 2.75) is 6.42 Å². The van der Waals surface area contributed by atoms with Crippen molar-refractivity contribution in [2.24, 2.45) is 0 Å². The SMILES string of the molecule is C=C/C=C\C(=C)N1CCCN(C)CC1. The fourth-order valence-electron chi connectivity index (χ4n) is 1.62. The van der Waals surface area contributed by atoms with Crippen LogP contribution in [0.2, 0.25) is 0 Å². The van der Waals surface area contributed by atoms with Gasteiger partial charge in [-0.1, -0.05) is 25.3 Å². The van der Waals surface area contributed by atoms with E-state index in [2.05, 4.69) is 30.0 Å². The Kier molecular flexibility index (Phi) is 4.47. The van der Waals surface area contributed by atoms with E-state index >= 15 is 0 Å². The minimum absolute atomic E-state index is 1.08. The third-order valence-corrected chi connectivity index (χ3v) is 2.55. The minimum Gasteiger partial charge on any atom is -0.371 e. The van der Waals surface area contributed by atoms with E-state index in [1.54, 1.807) is 6.08 Å². The Bertz CT molecular complexity index is 230. The van der Waals surface area contributed by atoms with E-state index in [1.807, 2.05) is 12.2 Å². The number of hydrogen-bond donors (Lipinski definition) is 0. The molecular formula is C12H20N2. The van der Waals surface area contributed by atoms with Crippen LogP contribution in [0.3, 0.4) is 0 Å². The highest BCUT2D eigenvalue weighted by molar-refractivity contribution is 5.17. The van der Waals surface area contributed by atoms with Crippen molar-refractivity contribution in [1.82, 2.24) is 9.80 Å². The molecule has 1 rings (SSSR count). The molecule has 2 heteroatoms. The maximum atomic E-state index is 4.06. The minimum atomic E-state index is 1.08. The molecule has 14 heavy (non-hydrogen) atoms. The van der Waals surface area contributed by atoms with Gasteiger partial charge in [-0.3, -0.25) is 0 Å². The molecule has 0 amide bonds. The molecule has 0 aromatic rings. The molecule has 1 fully saturated rings. The average molecular weight is 192 g/mol. The zero-order chi connectivity index (χ0) is 10.4. The first-order chi connectivity index (χ1) is 6.74. The summed E-state index contributed by atoms with van der Waals surface area (Å²) in [7, 11) is 2.17. The number of hydrogen-bond acceptors (Lipinski definition) is 2. The topological polar surface area (TPSA) is 6.48 Å². The molecule has 1 heterocycles. The second kappa shape index (κ2) is 5.66. The Morgan fingerprint density at radius 3 is 2.71 bits per heavy atom. The summed E-state index contributed by atoms with van der Waals surface area (Å²) in [6.07, 6.45) is 6.97. The van der Waals surface area contributed by atoms with E-state index in [-0.39, 0.29) is 0 Å². The van der Waals surface area contributed by atoms with Gasteiger partial charge in [0.2, 0.25) is 0 Å². The Balaban J connectivity index is 2.46. The standard InChI is InChI=1S/C12H20N2/c1-4-5-7-12(2)14-9-6-8-13(3)10-11-14/h4-5,7H,1-2,6,8-11H2,3H3/b7-5-. The van der Waals surface area contributed by atoms with Crippen molar-refractivity contribution in [1.29, 1.82) is 0 Å². The van der Waals surface area contributed by atoms with Crippen LogP contribution in [0.25, 0.3) is 0 Å². The lowest BCUT2D eigenvalue weighted by Crippen LogP contribution is -2.27. The fourth-order valence-corrected chi connectivity index (χ4v) is 1.62. The molecule has 1 aliphatic heterocycles. The molecule has 78 valence electrons. The van der Waals surface area contributed by atoms with Crippen molar-refractivity contribution >= 4 is 0 Å². The van der Waals surface area contributed by atoms with Gasteiger partial charge in [0.05, 0.1) is 0 Å². The van der Waals surface area contributed by atoms with Crippen molar-refractivity contribution in [3.8, 4) is 0 Å². The molecule has 2 nitrogen and oxygen atoms in total. The lowest BCUT2D eigenvalue weighted by Gasteiger charge is -2.22. The Morgan fingerprint density at radius 1 is 1.21 bits per heavy atom. The average Bonchev–Trinajstić information content (AvgIpc) is 2.39. The van der Waals surface area contributed by atoms with Crippen molar-refractivity contribution in [2.75, 3.05) is 33.2 Å². The Hall–Kier alpha value is -1.02. The van der Waals surface area contributed by atoms with Gasteiger partial charge in [-0.15, -0.1) is 0 Å². The van der Waals surface area contributed by atoms with Gasteiger partial charge < -0.3 is 9.80 Å². The number of nitrogens with zero attached hydrogens (tertiary/aromatic N) is 2. The van der Waals surface area contributed by atoms with E-state index in [1.165, 1.54) is 13.0 Å². The van der Waals surface area contributed by atoms with Crippen LogP contribution in [-0.4, -0.2) is 43.0 Å². The van der Waals surface area contributed by atoms with E-state index in [0.29, 0.717) is 0 Å². The summed E-state index contributed by atoms with van der Waals surface area (Å²) in [4.78, 5) is 4.70. The fraction of sp³-hybridized carbons (Fsp3) is 0.500. The molecule has 0 radical (unpaired) electrons. The third kappa shape index (κ3) is 3.38. The van der Waals surface area contributed by atoms with Crippen LogP contribution in [0.15, 0.2) is 37.1 Å². The van der Waals surface area contributed by atoms with Crippen molar-refractivity contribution in [3.05, 3.63) is 37.1 Å². The van der Waals surface area contributed by atoms with Gasteiger partial charge in [-0.25, -0.2) is 0 Å². The van der Waals surface area contributed by atoms with Gasteiger partial charge in [0.1, 0.15) is 0 Å². The number of allylic oxidation sites excluding steroid dienone is 3. The third-order valence-electron chi connectivity index (χ3n) is 2.55. The maximum absolute atomic E-state index is 4.06. The Labute approximate surface area is 87.2 Å². The zero-order valence-electron chi connectivity index (χ0n) is 9.08. The highest BCUT2D eigenvalue weighted by Gasteiger charge is 2.11. The first kappa shape index (κ1) is 11.1. The molecule has 0 aromatic carbocycles.